The summed E-state index contributed by atoms with van der Waals surface area (Å²) in [7, 11) is 0. The van der Waals surface area contributed by atoms with E-state index in [1.807, 2.05) is 4.90 Å². The first kappa shape index (κ1) is 16.0. The quantitative estimate of drug-likeness (QED) is 0.770. The SMILES string of the molecule is Cc1ccc(-c2csc3ncnc(N4CCCC4C(=O)O)c23)c(C)c1. The first-order valence-electron chi connectivity index (χ1n) is 8.35. The minimum Gasteiger partial charge on any atom is -0.480 e. The van der Waals surface area contributed by atoms with Crippen LogP contribution in [0.5, 0.6) is 0 Å². The molecule has 1 fully saturated rings. The van der Waals surface area contributed by atoms with Crippen LogP contribution >= 0.6 is 11.3 Å². The number of benzene rings is 1. The van der Waals surface area contributed by atoms with E-state index in [0.717, 1.165) is 33.6 Å². The van der Waals surface area contributed by atoms with Crippen molar-refractivity contribution in [2.45, 2.75) is 32.7 Å². The lowest BCUT2D eigenvalue weighted by molar-refractivity contribution is -0.138. The van der Waals surface area contributed by atoms with Crippen molar-refractivity contribution in [3.05, 3.63) is 41.0 Å². The van der Waals surface area contributed by atoms with E-state index >= 15 is 0 Å². The number of aromatic nitrogens is 2. The molecule has 0 amide bonds. The molecule has 6 heteroatoms. The van der Waals surface area contributed by atoms with Gasteiger partial charge >= 0.3 is 5.97 Å². The van der Waals surface area contributed by atoms with Gasteiger partial charge in [-0.3, -0.25) is 0 Å². The van der Waals surface area contributed by atoms with Gasteiger partial charge in [-0.2, -0.15) is 0 Å². The number of hydrogen-bond acceptors (Lipinski definition) is 5. The minimum atomic E-state index is -0.785. The summed E-state index contributed by atoms with van der Waals surface area (Å²) in [4.78, 5) is 23.3. The molecule has 5 nitrogen and oxygen atoms in total. The molecule has 0 spiro atoms. The van der Waals surface area contributed by atoms with Crippen molar-refractivity contribution in [1.29, 1.82) is 0 Å². The number of carbonyl (C=O) groups is 1. The summed E-state index contributed by atoms with van der Waals surface area (Å²) in [6, 6.07) is 5.88. The number of hydrogen-bond donors (Lipinski definition) is 1. The Morgan fingerprint density at radius 1 is 1.28 bits per heavy atom. The molecule has 128 valence electrons. The number of carboxylic acids is 1. The maximum atomic E-state index is 11.6. The zero-order valence-electron chi connectivity index (χ0n) is 14.2. The molecule has 0 radical (unpaired) electrons. The van der Waals surface area contributed by atoms with Gasteiger partial charge in [-0.05, 0) is 37.8 Å². The Kier molecular flexibility index (Phi) is 3.92. The van der Waals surface area contributed by atoms with E-state index in [4.69, 9.17) is 0 Å². The molecule has 1 atom stereocenters. The predicted molar refractivity (Wildman–Crippen MR) is 100 cm³/mol. The summed E-state index contributed by atoms with van der Waals surface area (Å²) in [6.07, 6.45) is 3.06. The van der Waals surface area contributed by atoms with Gasteiger partial charge in [-0.15, -0.1) is 11.3 Å². The second-order valence-corrected chi connectivity index (χ2v) is 7.39. The van der Waals surface area contributed by atoms with Crippen molar-refractivity contribution in [2.75, 3.05) is 11.4 Å². The number of anilines is 1. The third-order valence-corrected chi connectivity index (χ3v) is 5.72. The molecule has 1 aliphatic rings. The van der Waals surface area contributed by atoms with Crippen LogP contribution in [0.2, 0.25) is 0 Å². The van der Waals surface area contributed by atoms with Crippen LogP contribution in [0.4, 0.5) is 5.82 Å². The maximum Gasteiger partial charge on any atom is 0.326 e. The van der Waals surface area contributed by atoms with Gasteiger partial charge < -0.3 is 10.0 Å². The van der Waals surface area contributed by atoms with Crippen molar-refractivity contribution in [3.8, 4) is 11.1 Å². The second kappa shape index (κ2) is 6.11. The van der Waals surface area contributed by atoms with Gasteiger partial charge in [-0.1, -0.05) is 23.8 Å². The van der Waals surface area contributed by atoms with Crippen LogP contribution < -0.4 is 4.90 Å². The highest BCUT2D eigenvalue weighted by Gasteiger charge is 2.33. The molecular formula is C19H19N3O2S. The second-order valence-electron chi connectivity index (χ2n) is 6.53. The van der Waals surface area contributed by atoms with Gasteiger partial charge in [0.15, 0.2) is 0 Å². The highest BCUT2D eigenvalue weighted by molar-refractivity contribution is 7.17. The average molecular weight is 353 g/mol. The Bertz CT molecular complexity index is 966. The summed E-state index contributed by atoms with van der Waals surface area (Å²) in [5, 5.41) is 12.6. The molecule has 1 N–H and O–H groups in total. The van der Waals surface area contributed by atoms with E-state index in [-0.39, 0.29) is 0 Å². The maximum absolute atomic E-state index is 11.6. The highest BCUT2D eigenvalue weighted by Crippen LogP contribution is 2.40. The molecule has 1 saturated heterocycles. The average Bonchev–Trinajstić information content (AvgIpc) is 3.21. The molecule has 1 aliphatic heterocycles. The number of aliphatic carboxylic acids is 1. The molecule has 2 aromatic heterocycles. The molecule has 0 bridgehead atoms. The van der Waals surface area contributed by atoms with Crippen molar-refractivity contribution in [2.24, 2.45) is 0 Å². The van der Waals surface area contributed by atoms with Crippen LogP contribution in [0, 0.1) is 13.8 Å². The van der Waals surface area contributed by atoms with E-state index in [9.17, 15) is 9.90 Å². The number of thiophene rings is 1. The van der Waals surface area contributed by atoms with Crippen LogP contribution in [0.1, 0.15) is 24.0 Å². The lowest BCUT2D eigenvalue weighted by Gasteiger charge is -2.23. The minimum absolute atomic E-state index is 0.509. The van der Waals surface area contributed by atoms with Crippen molar-refractivity contribution < 1.29 is 9.90 Å². The normalized spacial score (nSPS) is 17.4. The summed E-state index contributed by atoms with van der Waals surface area (Å²) >= 11 is 1.58. The van der Waals surface area contributed by atoms with E-state index in [1.165, 1.54) is 17.5 Å². The van der Waals surface area contributed by atoms with E-state index in [2.05, 4.69) is 47.4 Å². The van der Waals surface area contributed by atoms with Crippen molar-refractivity contribution in [3.63, 3.8) is 0 Å². The van der Waals surface area contributed by atoms with Gasteiger partial charge in [0.25, 0.3) is 0 Å². The Morgan fingerprint density at radius 3 is 2.88 bits per heavy atom. The topological polar surface area (TPSA) is 66.3 Å². The predicted octanol–water partition coefficient (Wildman–Crippen LogP) is 4.03. The Morgan fingerprint density at radius 2 is 2.12 bits per heavy atom. The van der Waals surface area contributed by atoms with Crippen LogP contribution in [0.25, 0.3) is 21.3 Å². The standard InChI is InChI=1S/C19H19N3O2S/c1-11-5-6-13(12(2)8-11)14-9-25-18-16(14)17(20-10-21-18)22-7-3-4-15(22)19(23)24/h5-6,8-10,15H,3-4,7H2,1-2H3,(H,23,24). The molecule has 1 unspecified atom stereocenters. The van der Waals surface area contributed by atoms with Gasteiger partial charge in [0.2, 0.25) is 0 Å². The molecule has 1 aromatic carbocycles. The Hall–Kier alpha value is -2.47. The number of carboxylic acid groups (broad SMARTS) is 1. The number of rotatable bonds is 3. The fourth-order valence-electron chi connectivity index (χ4n) is 3.67. The first-order valence-corrected chi connectivity index (χ1v) is 9.23. The van der Waals surface area contributed by atoms with Crippen molar-refractivity contribution in [1.82, 2.24) is 9.97 Å². The summed E-state index contributed by atoms with van der Waals surface area (Å²) in [5.41, 5.74) is 4.66. The third-order valence-electron chi connectivity index (χ3n) is 4.83. The largest absolute Gasteiger partial charge is 0.480 e. The Labute approximate surface area is 150 Å². The molecule has 3 aromatic rings. The number of aryl methyl sites for hydroxylation is 2. The van der Waals surface area contributed by atoms with E-state index in [1.54, 1.807) is 11.3 Å². The Balaban J connectivity index is 1.92. The molecule has 0 saturated carbocycles. The summed E-state index contributed by atoms with van der Waals surface area (Å²) < 4.78 is 0. The fourth-order valence-corrected chi connectivity index (χ4v) is 4.57. The lowest BCUT2D eigenvalue weighted by Crippen LogP contribution is -2.36. The highest BCUT2D eigenvalue weighted by atomic mass is 32.1. The zero-order valence-corrected chi connectivity index (χ0v) is 15.0. The van der Waals surface area contributed by atoms with Crippen LogP contribution in [0.15, 0.2) is 29.9 Å². The van der Waals surface area contributed by atoms with Crippen LogP contribution in [-0.4, -0.2) is 33.6 Å². The molecule has 3 heterocycles. The molecular weight excluding hydrogens is 334 g/mol. The molecule has 0 aliphatic carbocycles. The monoisotopic (exact) mass is 353 g/mol. The smallest absolute Gasteiger partial charge is 0.326 e. The van der Waals surface area contributed by atoms with Gasteiger partial charge in [0, 0.05) is 17.5 Å². The van der Waals surface area contributed by atoms with Gasteiger partial charge in [0.05, 0.1) is 5.39 Å². The summed E-state index contributed by atoms with van der Waals surface area (Å²) in [5.74, 6) is -0.0429. The van der Waals surface area contributed by atoms with E-state index in [0.29, 0.717) is 13.0 Å². The zero-order chi connectivity index (χ0) is 17.6. The molecule has 4 rings (SSSR count). The van der Waals surface area contributed by atoms with Crippen LogP contribution in [0.3, 0.4) is 0 Å². The first-order chi connectivity index (χ1) is 12.1. The molecule has 25 heavy (non-hydrogen) atoms. The lowest BCUT2D eigenvalue weighted by atomic mass is 9.99. The fraction of sp³-hybridized carbons (Fsp3) is 0.316. The van der Waals surface area contributed by atoms with Crippen LogP contribution in [-0.2, 0) is 4.79 Å². The van der Waals surface area contributed by atoms with Gasteiger partial charge in [-0.25, -0.2) is 14.8 Å². The summed E-state index contributed by atoms with van der Waals surface area (Å²) in [6.45, 7) is 4.90. The number of nitrogens with zero attached hydrogens (tertiary/aromatic N) is 3. The number of fused-ring (bicyclic) bond motifs is 1. The third kappa shape index (κ3) is 2.66. The van der Waals surface area contributed by atoms with Gasteiger partial charge in [0.1, 0.15) is 23.0 Å². The van der Waals surface area contributed by atoms with Crippen molar-refractivity contribution >= 4 is 33.3 Å². The van der Waals surface area contributed by atoms with E-state index < -0.39 is 12.0 Å².